The summed E-state index contributed by atoms with van der Waals surface area (Å²) in [4.78, 5) is 45.7. The van der Waals surface area contributed by atoms with Gasteiger partial charge in [-0.05, 0) is 12.3 Å². The Balaban J connectivity index is 2.04. The predicted molar refractivity (Wildman–Crippen MR) is 106 cm³/mol. The number of nitrogens with two attached hydrogens (primary N) is 2. The predicted octanol–water partition coefficient (Wildman–Crippen LogP) is 0.188. The normalized spacial score (nSPS) is 14.3. The fourth-order valence-electron chi connectivity index (χ4n) is 2.69. The van der Waals surface area contributed by atoms with Crippen molar-refractivity contribution in [1.82, 2.24) is 19.5 Å². The molecule has 3 atom stereocenters. The van der Waals surface area contributed by atoms with Crippen molar-refractivity contribution in [3.05, 3.63) is 16.7 Å². The van der Waals surface area contributed by atoms with E-state index in [1.54, 1.807) is 4.57 Å². The van der Waals surface area contributed by atoms with Gasteiger partial charge in [0.25, 0.3) is 5.56 Å². The van der Waals surface area contributed by atoms with Crippen LogP contribution in [0.3, 0.4) is 0 Å². The zero-order chi connectivity index (χ0) is 21.6. The molecule has 160 valence electrons. The van der Waals surface area contributed by atoms with Crippen LogP contribution in [-0.4, -0.2) is 50.7 Å². The van der Waals surface area contributed by atoms with E-state index in [0.717, 1.165) is 6.42 Å². The van der Waals surface area contributed by atoms with Crippen LogP contribution in [0.4, 0.5) is 5.95 Å². The molecule has 2 heterocycles. The van der Waals surface area contributed by atoms with Gasteiger partial charge in [-0.25, -0.2) is 4.98 Å². The minimum absolute atomic E-state index is 0.00126. The number of aromatic nitrogens is 4. The Bertz CT molecular complexity index is 908. The summed E-state index contributed by atoms with van der Waals surface area (Å²) in [7, 11) is 0. The second-order valence-electron chi connectivity index (χ2n) is 7.06. The second-order valence-corrected chi connectivity index (χ2v) is 7.06. The van der Waals surface area contributed by atoms with E-state index in [-0.39, 0.29) is 36.5 Å². The highest BCUT2D eigenvalue weighted by Crippen LogP contribution is 2.13. The lowest BCUT2D eigenvalue weighted by molar-refractivity contribution is -0.150. The number of ether oxygens (including phenoxy) is 2. The van der Waals surface area contributed by atoms with Crippen molar-refractivity contribution < 1.29 is 19.1 Å². The molecular formula is C18H28N6O5. The number of fused-ring (bicyclic) bond motifs is 1. The van der Waals surface area contributed by atoms with Gasteiger partial charge in [0, 0.05) is 19.4 Å². The van der Waals surface area contributed by atoms with Crippen LogP contribution in [0.15, 0.2) is 11.1 Å². The first-order valence-corrected chi connectivity index (χ1v) is 9.49. The van der Waals surface area contributed by atoms with Gasteiger partial charge in [0.1, 0.15) is 6.04 Å². The van der Waals surface area contributed by atoms with E-state index < -0.39 is 23.5 Å². The minimum atomic E-state index is -0.703. The number of hydrogen-bond acceptors (Lipinski definition) is 9. The summed E-state index contributed by atoms with van der Waals surface area (Å²) < 4.78 is 12.1. The van der Waals surface area contributed by atoms with E-state index in [4.69, 9.17) is 20.9 Å². The number of nitrogens with one attached hydrogen (secondary N) is 1. The topological polar surface area (TPSA) is 168 Å². The summed E-state index contributed by atoms with van der Waals surface area (Å²) in [5, 5.41) is 0. The number of imidazole rings is 1. The Kier molecular flexibility index (Phi) is 7.71. The van der Waals surface area contributed by atoms with E-state index in [1.807, 2.05) is 13.8 Å². The third-order valence-corrected chi connectivity index (χ3v) is 4.78. The van der Waals surface area contributed by atoms with Crippen molar-refractivity contribution in [3.63, 3.8) is 0 Å². The second kappa shape index (κ2) is 10.0. The monoisotopic (exact) mass is 408 g/mol. The molecule has 11 heteroatoms. The van der Waals surface area contributed by atoms with Crippen LogP contribution in [-0.2, 0) is 25.6 Å². The molecule has 11 nitrogen and oxygen atoms in total. The smallest absolute Gasteiger partial charge is 0.323 e. The number of anilines is 1. The molecule has 29 heavy (non-hydrogen) atoms. The number of esters is 2. The fraction of sp³-hybridized carbons (Fsp3) is 0.611. The number of aryl methyl sites for hydroxylation is 1. The van der Waals surface area contributed by atoms with Crippen LogP contribution in [0.25, 0.3) is 11.2 Å². The number of nitrogens with zero attached hydrogens (tertiary/aromatic N) is 3. The lowest BCUT2D eigenvalue weighted by Crippen LogP contribution is -2.39. The number of carbonyl (C=O) groups excluding carboxylic acids is 2. The molecule has 0 aromatic carbocycles. The number of rotatable bonds is 10. The van der Waals surface area contributed by atoms with Gasteiger partial charge in [-0.1, -0.05) is 20.3 Å². The first-order valence-electron chi connectivity index (χ1n) is 9.49. The zero-order valence-electron chi connectivity index (χ0n) is 16.9. The SMILES string of the molecule is CCC(C)[C@H](N)C(=O)OCC(CCn1cnc2c(=O)[nH]c(N)nc21)COC(C)=O. The molecular weight excluding hydrogens is 380 g/mol. The Hall–Kier alpha value is -2.95. The van der Waals surface area contributed by atoms with Crippen molar-refractivity contribution in [2.75, 3.05) is 18.9 Å². The average molecular weight is 408 g/mol. The van der Waals surface area contributed by atoms with Crippen LogP contribution in [0, 0.1) is 11.8 Å². The Morgan fingerprint density at radius 1 is 1.31 bits per heavy atom. The molecule has 2 aromatic heterocycles. The standard InChI is InChI=1S/C18H28N6O5/c1-4-10(2)13(19)17(27)29-8-12(7-28-11(3)25)5-6-24-9-21-14-15(24)22-18(20)23-16(14)26/h9-10,12-13H,4-8,19H2,1-3H3,(H3,20,22,23,26)/t10?,12?,13-/m0/s1. The van der Waals surface area contributed by atoms with E-state index >= 15 is 0 Å². The Labute approximate surface area is 167 Å². The van der Waals surface area contributed by atoms with Gasteiger partial charge in [-0.15, -0.1) is 0 Å². The molecule has 0 aliphatic rings. The van der Waals surface area contributed by atoms with Gasteiger partial charge < -0.3 is 25.5 Å². The number of nitrogen functional groups attached to an aromatic ring is 1. The molecule has 0 aliphatic heterocycles. The zero-order valence-corrected chi connectivity index (χ0v) is 16.9. The number of aromatic amines is 1. The molecule has 0 amide bonds. The summed E-state index contributed by atoms with van der Waals surface area (Å²) in [5.41, 5.74) is 11.6. The van der Waals surface area contributed by atoms with Gasteiger partial charge in [0.05, 0.1) is 19.5 Å². The Morgan fingerprint density at radius 3 is 2.66 bits per heavy atom. The lowest BCUT2D eigenvalue weighted by atomic mass is 10.0. The third-order valence-electron chi connectivity index (χ3n) is 4.78. The molecule has 0 bridgehead atoms. The van der Waals surface area contributed by atoms with Gasteiger partial charge in [0.2, 0.25) is 5.95 Å². The molecule has 0 saturated heterocycles. The summed E-state index contributed by atoms with van der Waals surface area (Å²) >= 11 is 0. The fourth-order valence-corrected chi connectivity index (χ4v) is 2.69. The first kappa shape index (κ1) is 22.3. The van der Waals surface area contributed by atoms with Crippen LogP contribution in [0.5, 0.6) is 0 Å². The van der Waals surface area contributed by atoms with E-state index in [0.29, 0.717) is 18.6 Å². The quantitative estimate of drug-likeness (QED) is 0.464. The molecule has 0 spiro atoms. The molecule has 2 rings (SSSR count). The van der Waals surface area contributed by atoms with Crippen molar-refractivity contribution in [1.29, 1.82) is 0 Å². The van der Waals surface area contributed by atoms with Crippen LogP contribution < -0.4 is 17.0 Å². The number of H-pyrrole nitrogens is 1. The molecule has 0 radical (unpaired) electrons. The van der Waals surface area contributed by atoms with Crippen molar-refractivity contribution in [2.24, 2.45) is 17.6 Å². The molecule has 0 saturated carbocycles. The molecule has 0 fully saturated rings. The van der Waals surface area contributed by atoms with Crippen molar-refractivity contribution in [2.45, 2.75) is 46.2 Å². The minimum Gasteiger partial charge on any atom is -0.465 e. The third kappa shape index (κ3) is 6.01. The molecule has 2 aromatic rings. The van der Waals surface area contributed by atoms with E-state index in [1.165, 1.54) is 13.3 Å². The number of hydrogen-bond donors (Lipinski definition) is 3. The van der Waals surface area contributed by atoms with E-state index in [9.17, 15) is 14.4 Å². The summed E-state index contributed by atoms with van der Waals surface area (Å²) in [6, 6.07) is -0.703. The highest BCUT2D eigenvalue weighted by molar-refractivity contribution is 5.75. The lowest BCUT2D eigenvalue weighted by Gasteiger charge is -2.20. The molecule has 5 N–H and O–H groups in total. The van der Waals surface area contributed by atoms with E-state index in [2.05, 4.69) is 15.0 Å². The van der Waals surface area contributed by atoms with Gasteiger partial charge in [-0.3, -0.25) is 19.4 Å². The van der Waals surface area contributed by atoms with Crippen LogP contribution >= 0.6 is 0 Å². The van der Waals surface area contributed by atoms with Crippen molar-refractivity contribution in [3.8, 4) is 0 Å². The largest absolute Gasteiger partial charge is 0.465 e. The molecule has 2 unspecified atom stereocenters. The molecule has 0 aliphatic carbocycles. The maximum Gasteiger partial charge on any atom is 0.323 e. The van der Waals surface area contributed by atoms with Gasteiger partial charge >= 0.3 is 11.9 Å². The highest BCUT2D eigenvalue weighted by Gasteiger charge is 2.23. The van der Waals surface area contributed by atoms with Crippen LogP contribution in [0.2, 0.25) is 0 Å². The summed E-state index contributed by atoms with van der Waals surface area (Å²) in [6.45, 7) is 5.69. The van der Waals surface area contributed by atoms with Gasteiger partial charge in [0.15, 0.2) is 11.2 Å². The highest BCUT2D eigenvalue weighted by atomic mass is 16.5. The first-order chi connectivity index (χ1) is 13.7. The Morgan fingerprint density at radius 2 is 2.00 bits per heavy atom. The maximum atomic E-state index is 12.1. The number of carbonyl (C=O) groups is 2. The van der Waals surface area contributed by atoms with Gasteiger partial charge in [-0.2, -0.15) is 4.98 Å². The average Bonchev–Trinajstić information content (AvgIpc) is 3.08. The maximum absolute atomic E-state index is 12.1. The summed E-state index contributed by atoms with van der Waals surface area (Å²) in [6.07, 6.45) is 2.73. The van der Waals surface area contributed by atoms with Crippen LogP contribution in [0.1, 0.15) is 33.6 Å². The summed E-state index contributed by atoms with van der Waals surface area (Å²) in [5.74, 6) is -1.17. The van der Waals surface area contributed by atoms with Crippen molar-refractivity contribution >= 4 is 29.1 Å².